The van der Waals surface area contributed by atoms with E-state index in [1.54, 1.807) is 0 Å². The largest absolute Gasteiger partial charge is 0.458 e. The highest BCUT2D eigenvalue weighted by Crippen LogP contribution is 2.47. The minimum Gasteiger partial charge on any atom is -0.458 e. The molecule has 0 fully saturated rings. The number of nitrogens with zero attached hydrogens (tertiary/aromatic N) is 3. The van der Waals surface area contributed by atoms with Gasteiger partial charge in [0, 0.05) is 50.3 Å². The fraction of sp³-hybridized carbons (Fsp3) is 0. The van der Waals surface area contributed by atoms with Gasteiger partial charge in [-0.15, -0.1) is 0 Å². The Morgan fingerprint density at radius 3 is 1.74 bits per heavy atom. The molecule has 0 saturated heterocycles. The monoisotopic (exact) mass is 727 g/mol. The maximum Gasteiger partial charge on any atom is 0.256 e. The highest BCUT2D eigenvalue weighted by Gasteiger charge is 2.42. The lowest BCUT2D eigenvalue weighted by atomic mass is 9.34. The van der Waals surface area contributed by atoms with E-state index in [0.29, 0.717) is 0 Å². The Kier molecular flexibility index (Phi) is 6.99. The Labute approximate surface area is 331 Å². The number of rotatable bonds is 5. The van der Waals surface area contributed by atoms with Crippen LogP contribution in [-0.4, -0.2) is 11.3 Å². The molecule has 1 aromatic heterocycles. The Bertz CT molecular complexity index is 3130. The lowest BCUT2D eigenvalue weighted by molar-refractivity contribution is 0.488. The molecule has 4 nitrogen and oxygen atoms in total. The van der Waals surface area contributed by atoms with Crippen LogP contribution in [0.25, 0.3) is 38.3 Å². The first-order valence-corrected chi connectivity index (χ1v) is 19.6. The predicted octanol–water partition coefficient (Wildman–Crippen LogP) is 11.8. The van der Waals surface area contributed by atoms with Crippen LogP contribution in [0.1, 0.15) is 0 Å². The molecule has 0 aliphatic carbocycles. The summed E-state index contributed by atoms with van der Waals surface area (Å²) >= 11 is 0. The SMILES string of the molecule is c1ccc(N2c3ccccc3B3c4cc5c(cc4Oc4cccc2c43)c2c3ccccc3c(N(c3ccccc3)c3ccccc3)cc2n5-c2ccccc2)cc1. The molecule has 0 unspecified atom stereocenters. The molecule has 0 saturated carbocycles. The van der Waals surface area contributed by atoms with E-state index in [0.717, 1.165) is 62.0 Å². The van der Waals surface area contributed by atoms with Crippen molar-refractivity contribution >= 4 is 89.8 Å². The molecule has 0 bridgehead atoms. The Hall–Kier alpha value is -7.50. The van der Waals surface area contributed by atoms with E-state index in [-0.39, 0.29) is 6.71 Å². The van der Waals surface area contributed by atoms with E-state index in [9.17, 15) is 0 Å². The van der Waals surface area contributed by atoms with Crippen LogP contribution in [-0.2, 0) is 0 Å². The van der Waals surface area contributed by atoms with Crippen molar-refractivity contribution in [3.8, 4) is 17.2 Å². The average Bonchev–Trinajstić information content (AvgIpc) is 3.60. The number of hydrogen-bond donors (Lipinski definition) is 0. The summed E-state index contributed by atoms with van der Waals surface area (Å²) in [7, 11) is 0. The highest BCUT2D eigenvalue weighted by molar-refractivity contribution is 6.99. The van der Waals surface area contributed by atoms with Crippen molar-refractivity contribution < 1.29 is 4.74 Å². The molecular weight excluding hydrogens is 693 g/mol. The standard InChI is InChI=1S/C52H34BN3O/c1-5-18-35(19-6-1)54(36-20-7-2-8-21-36)47-34-48-51(40-27-14-13-26-39(40)47)41-32-50-43(33-46(41)56(48)38-24-11-4-12-25-38)53-42-28-15-16-29-44(42)55(37-22-9-3-10-23-37)45-30-17-31-49(57-50)52(45)53/h1-34H. The van der Waals surface area contributed by atoms with Crippen LogP contribution in [0.4, 0.5) is 34.1 Å². The molecule has 57 heavy (non-hydrogen) atoms. The maximum absolute atomic E-state index is 7.04. The third-order valence-corrected chi connectivity index (χ3v) is 11.8. The van der Waals surface area contributed by atoms with E-state index in [2.05, 4.69) is 221 Å². The normalized spacial score (nSPS) is 12.6. The van der Waals surface area contributed by atoms with Gasteiger partial charge in [-0.25, -0.2) is 0 Å². The summed E-state index contributed by atoms with van der Waals surface area (Å²) in [6.07, 6.45) is 0. The first kappa shape index (κ1) is 31.8. The first-order valence-electron chi connectivity index (χ1n) is 19.6. The van der Waals surface area contributed by atoms with Crippen molar-refractivity contribution in [1.82, 2.24) is 4.57 Å². The van der Waals surface area contributed by atoms with Gasteiger partial charge in [0.2, 0.25) is 0 Å². The summed E-state index contributed by atoms with van der Waals surface area (Å²) in [5, 5.41) is 4.75. The molecule has 2 aliphatic heterocycles. The number of aromatic nitrogens is 1. The summed E-state index contributed by atoms with van der Waals surface area (Å²) in [6, 6.07) is 74.2. The zero-order valence-corrected chi connectivity index (χ0v) is 31.0. The summed E-state index contributed by atoms with van der Waals surface area (Å²) in [6.45, 7) is -0.0123. The van der Waals surface area contributed by atoms with Gasteiger partial charge in [0.1, 0.15) is 11.5 Å². The molecule has 2 aliphatic rings. The van der Waals surface area contributed by atoms with Gasteiger partial charge in [-0.1, -0.05) is 121 Å². The van der Waals surface area contributed by atoms with Crippen molar-refractivity contribution in [3.63, 3.8) is 0 Å². The fourth-order valence-electron chi connectivity index (χ4n) is 9.46. The van der Waals surface area contributed by atoms with Crippen LogP contribution in [0, 0.1) is 0 Å². The van der Waals surface area contributed by atoms with Crippen LogP contribution in [0.15, 0.2) is 206 Å². The minimum atomic E-state index is -0.0123. The van der Waals surface area contributed by atoms with Gasteiger partial charge in [-0.05, 0) is 107 Å². The van der Waals surface area contributed by atoms with E-state index >= 15 is 0 Å². The lowest BCUT2D eigenvalue weighted by Crippen LogP contribution is -2.59. The summed E-state index contributed by atoms with van der Waals surface area (Å²) < 4.78 is 9.50. The van der Waals surface area contributed by atoms with Crippen LogP contribution in [0.5, 0.6) is 11.5 Å². The van der Waals surface area contributed by atoms with Crippen molar-refractivity contribution in [2.45, 2.75) is 0 Å². The number of benzene rings is 9. The first-order chi connectivity index (χ1) is 28.3. The molecule has 12 rings (SSSR count). The zero-order valence-electron chi connectivity index (χ0n) is 31.0. The van der Waals surface area contributed by atoms with Crippen molar-refractivity contribution in [2.75, 3.05) is 9.80 Å². The van der Waals surface area contributed by atoms with Gasteiger partial charge in [0.15, 0.2) is 0 Å². The number of hydrogen-bond acceptors (Lipinski definition) is 3. The second kappa shape index (κ2) is 12.5. The Morgan fingerprint density at radius 1 is 0.421 bits per heavy atom. The van der Waals surface area contributed by atoms with E-state index < -0.39 is 0 Å². The van der Waals surface area contributed by atoms with Gasteiger partial charge in [0.25, 0.3) is 6.71 Å². The Morgan fingerprint density at radius 2 is 1.02 bits per heavy atom. The van der Waals surface area contributed by atoms with Crippen LogP contribution >= 0.6 is 0 Å². The molecule has 9 aromatic carbocycles. The smallest absolute Gasteiger partial charge is 0.256 e. The Balaban J connectivity index is 1.18. The zero-order chi connectivity index (χ0) is 37.5. The highest BCUT2D eigenvalue weighted by atomic mass is 16.5. The molecule has 0 radical (unpaired) electrons. The lowest BCUT2D eigenvalue weighted by Gasteiger charge is -2.39. The number of anilines is 6. The van der Waals surface area contributed by atoms with Gasteiger partial charge >= 0.3 is 0 Å². The second-order valence-corrected chi connectivity index (χ2v) is 14.9. The van der Waals surface area contributed by atoms with Gasteiger partial charge in [0.05, 0.1) is 16.7 Å². The molecule has 0 spiro atoms. The molecule has 10 aromatic rings. The quantitative estimate of drug-likeness (QED) is 0.165. The average molecular weight is 728 g/mol. The summed E-state index contributed by atoms with van der Waals surface area (Å²) in [5.74, 6) is 1.80. The number of fused-ring (bicyclic) bond motifs is 9. The number of ether oxygens (including phenoxy) is 1. The predicted molar refractivity (Wildman–Crippen MR) is 239 cm³/mol. The maximum atomic E-state index is 7.04. The molecule has 266 valence electrons. The third-order valence-electron chi connectivity index (χ3n) is 11.8. The number of para-hydroxylation sites is 5. The van der Waals surface area contributed by atoms with Crippen molar-refractivity contribution in [2.24, 2.45) is 0 Å². The van der Waals surface area contributed by atoms with E-state index in [1.165, 1.54) is 38.2 Å². The van der Waals surface area contributed by atoms with Crippen LogP contribution < -0.4 is 30.9 Å². The van der Waals surface area contributed by atoms with E-state index in [4.69, 9.17) is 4.74 Å². The van der Waals surface area contributed by atoms with Gasteiger partial charge in [-0.2, -0.15) is 0 Å². The van der Waals surface area contributed by atoms with Gasteiger partial charge < -0.3 is 19.1 Å². The molecule has 0 amide bonds. The molecule has 0 N–H and O–H groups in total. The summed E-state index contributed by atoms with van der Waals surface area (Å²) in [5.41, 5.74) is 13.8. The second-order valence-electron chi connectivity index (χ2n) is 14.9. The minimum absolute atomic E-state index is 0.0123. The summed E-state index contributed by atoms with van der Waals surface area (Å²) in [4.78, 5) is 4.77. The van der Waals surface area contributed by atoms with Crippen molar-refractivity contribution in [3.05, 3.63) is 206 Å². The van der Waals surface area contributed by atoms with Crippen LogP contribution in [0.3, 0.4) is 0 Å². The molecule has 0 atom stereocenters. The van der Waals surface area contributed by atoms with Crippen LogP contribution in [0.2, 0.25) is 0 Å². The van der Waals surface area contributed by atoms with Gasteiger partial charge in [-0.3, -0.25) is 0 Å². The topological polar surface area (TPSA) is 20.6 Å². The molecular formula is C52H34BN3O. The third kappa shape index (κ3) is 4.76. The van der Waals surface area contributed by atoms with E-state index in [1.807, 2.05) is 0 Å². The van der Waals surface area contributed by atoms with Crippen molar-refractivity contribution in [1.29, 1.82) is 0 Å². The fourth-order valence-corrected chi connectivity index (χ4v) is 9.46. The molecule has 5 heteroatoms. The molecule has 3 heterocycles.